The molecule has 8 heteroatoms. The smallest absolute Gasteiger partial charge is 0.325 e. The van der Waals surface area contributed by atoms with Crippen molar-refractivity contribution in [1.29, 1.82) is 0 Å². The van der Waals surface area contributed by atoms with Gasteiger partial charge in [0, 0.05) is 13.0 Å². The second kappa shape index (κ2) is 8.39. The van der Waals surface area contributed by atoms with Gasteiger partial charge in [0.05, 0.1) is 11.7 Å². The van der Waals surface area contributed by atoms with E-state index in [-0.39, 0.29) is 37.6 Å². The van der Waals surface area contributed by atoms with E-state index in [9.17, 15) is 14.4 Å². The fourth-order valence-electron chi connectivity index (χ4n) is 2.32. The second-order valence-corrected chi connectivity index (χ2v) is 6.45. The van der Waals surface area contributed by atoms with Crippen molar-refractivity contribution in [2.45, 2.75) is 19.6 Å². The van der Waals surface area contributed by atoms with Gasteiger partial charge in [0.15, 0.2) is 0 Å². The fourth-order valence-corrected chi connectivity index (χ4v) is 3.05. The average Bonchev–Trinajstić information content (AvgIpc) is 3.14. The summed E-state index contributed by atoms with van der Waals surface area (Å²) in [6.07, 6.45) is 1.51. The van der Waals surface area contributed by atoms with Gasteiger partial charge in [0.25, 0.3) is 5.56 Å². The normalized spacial score (nSPS) is 10.6. The van der Waals surface area contributed by atoms with Gasteiger partial charge >= 0.3 is 5.97 Å². The van der Waals surface area contributed by atoms with Crippen molar-refractivity contribution in [3.05, 3.63) is 64.0 Å². The summed E-state index contributed by atoms with van der Waals surface area (Å²) in [5.74, 6) is -0.847. The van der Waals surface area contributed by atoms with Gasteiger partial charge in [-0.1, -0.05) is 30.3 Å². The predicted molar refractivity (Wildman–Crippen MR) is 97.7 cm³/mol. The molecule has 0 aliphatic rings. The molecule has 0 radical (unpaired) electrons. The Morgan fingerprint density at radius 3 is 2.81 bits per heavy atom. The minimum absolute atomic E-state index is 0.0726. The summed E-state index contributed by atoms with van der Waals surface area (Å²) < 4.78 is 6.47. The first-order chi connectivity index (χ1) is 12.6. The number of esters is 1. The van der Waals surface area contributed by atoms with Crippen molar-refractivity contribution in [2.24, 2.45) is 0 Å². The molecule has 134 valence electrons. The third-order valence-corrected chi connectivity index (χ3v) is 4.52. The van der Waals surface area contributed by atoms with Crippen LogP contribution < -0.4 is 10.9 Å². The monoisotopic (exact) mass is 371 g/mol. The zero-order valence-electron chi connectivity index (χ0n) is 13.9. The van der Waals surface area contributed by atoms with Crippen molar-refractivity contribution in [2.75, 3.05) is 6.54 Å². The van der Waals surface area contributed by atoms with E-state index in [1.165, 1.54) is 22.2 Å². The van der Waals surface area contributed by atoms with Crippen LogP contribution in [-0.2, 0) is 27.5 Å². The summed E-state index contributed by atoms with van der Waals surface area (Å²) in [5.41, 5.74) is 0.703. The Balaban J connectivity index is 1.43. The van der Waals surface area contributed by atoms with Gasteiger partial charge in [-0.25, -0.2) is 4.98 Å². The second-order valence-electron chi connectivity index (χ2n) is 5.56. The molecule has 0 aliphatic carbocycles. The van der Waals surface area contributed by atoms with Crippen LogP contribution in [0.2, 0.25) is 0 Å². The van der Waals surface area contributed by atoms with E-state index in [1.54, 1.807) is 11.4 Å². The Morgan fingerprint density at radius 1 is 1.19 bits per heavy atom. The Bertz CT molecular complexity index is 965. The molecule has 0 spiro atoms. The molecule has 1 N–H and O–H groups in total. The number of carbonyl (C=O) groups is 2. The first kappa shape index (κ1) is 17.8. The van der Waals surface area contributed by atoms with Gasteiger partial charge in [-0.05, 0) is 17.0 Å². The van der Waals surface area contributed by atoms with Gasteiger partial charge in [0.1, 0.15) is 18.0 Å². The molecule has 0 saturated carbocycles. The standard InChI is InChI=1S/C18H17N3O4S/c22-15(19-10-16(23)25-11-13-4-2-1-3-5-13)6-8-21-12-20-17-14(18(21)24)7-9-26-17/h1-5,7,9,12H,6,8,10-11H2,(H,19,22). The van der Waals surface area contributed by atoms with Gasteiger partial charge < -0.3 is 10.1 Å². The highest BCUT2D eigenvalue weighted by Crippen LogP contribution is 2.13. The van der Waals surface area contributed by atoms with Crippen LogP contribution in [0.1, 0.15) is 12.0 Å². The van der Waals surface area contributed by atoms with Gasteiger partial charge in [-0.3, -0.25) is 19.0 Å². The average molecular weight is 371 g/mol. The van der Waals surface area contributed by atoms with Gasteiger partial charge in [-0.15, -0.1) is 11.3 Å². The minimum Gasteiger partial charge on any atom is -0.460 e. The van der Waals surface area contributed by atoms with E-state index < -0.39 is 5.97 Å². The van der Waals surface area contributed by atoms with E-state index in [0.29, 0.717) is 10.2 Å². The lowest BCUT2D eigenvalue weighted by Crippen LogP contribution is -2.32. The number of amides is 1. The Kier molecular flexibility index (Phi) is 5.75. The summed E-state index contributed by atoms with van der Waals surface area (Å²) in [6.45, 7) is 0.155. The van der Waals surface area contributed by atoms with Gasteiger partial charge in [0.2, 0.25) is 5.91 Å². The van der Waals surface area contributed by atoms with Crippen LogP contribution in [0.25, 0.3) is 10.2 Å². The van der Waals surface area contributed by atoms with Crippen LogP contribution in [0.4, 0.5) is 0 Å². The largest absolute Gasteiger partial charge is 0.460 e. The first-order valence-electron chi connectivity index (χ1n) is 8.02. The van der Waals surface area contributed by atoms with Crippen LogP contribution in [0.15, 0.2) is 52.9 Å². The molecular weight excluding hydrogens is 354 g/mol. The van der Waals surface area contributed by atoms with Crippen LogP contribution in [-0.4, -0.2) is 28.0 Å². The molecule has 7 nitrogen and oxygen atoms in total. The number of benzene rings is 1. The molecule has 0 aliphatic heterocycles. The molecule has 1 aromatic carbocycles. The number of aryl methyl sites for hydroxylation is 1. The highest BCUT2D eigenvalue weighted by atomic mass is 32.1. The highest BCUT2D eigenvalue weighted by Gasteiger charge is 2.09. The number of aromatic nitrogens is 2. The van der Waals surface area contributed by atoms with Crippen molar-refractivity contribution in [3.8, 4) is 0 Å². The predicted octanol–water partition coefficient (Wildman–Crippen LogP) is 1.71. The molecular formula is C18H17N3O4S. The molecule has 2 heterocycles. The lowest BCUT2D eigenvalue weighted by atomic mass is 10.2. The van der Waals surface area contributed by atoms with E-state index in [0.717, 1.165) is 5.56 Å². The van der Waals surface area contributed by atoms with Crippen LogP contribution in [0.3, 0.4) is 0 Å². The van der Waals surface area contributed by atoms with E-state index in [1.807, 2.05) is 30.3 Å². The summed E-state index contributed by atoms with van der Waals surface area (Å²) in [6, 6.07) is 11.0. The van der Waals surface area contributed by atoms with Crippen molar-refractivity contribution >= 4 is 33.4 Å². The number of thiophene rings is 1. The summed E-state index contributed by atoms with van der Waals surface area (Å²) in [4.78, 5) is 40.6. The third-order valence-electron chi connectivity index (χ3n) is 3.70. The van der Waals surface area contributed by atoms with Crippen LogP contribution in [0, 0.1) is 0 Å². The van der Waals surface area contributed by atoms with Crippen molar-refractivity contribution in [1.82, 2.24) is 14.9 Å². The summed E-state index contributed by atoms with van der Waals surface area (Å²) in [7, 11) is 0. The minimum atomic E-state index is -0.513. The van der Waals surface area contributed by atoms with Gasteiger partial charge in [-0.2, -0.15) is 0 Å². The number of hydrogen-bond donors (Lipinski definition) is 1. The fraction of sp³-hybridized carbons (Fsp3) is 0.222. The molecule has 0 unspecified atom stereocenters. The molecule has 26 heavy (non-hydrogen) atoms. The van der Waals surface area contributed by atoms with Crippen molar-refractivity contribution in [3.63, 3.8) is 0 Å². The Hall–Kier alpha value is -3.00. The summed E-state index contributed by atoms with van der Waals surface area (Å²) >= 11 is 1.39. The maximum atomic E-state index is 12.2. The van der Waals surface area contributed by atoms with E-state index in [4.69, 9.17) is 4.74 Å². The number of rotatable bonds is 7. The zero-order valence-corrected chi connectivity index (χ0v) is 14.7. The lowest BCUT2D eigenvalue weighted by Gasteiger charge is -2.08. The lowest BCUT2D eigenvalue weighted by molar-refractivity contribution is -0.145. The van der Waals surface area contributed by atoms with Crippen LogP contribution in [0.5, 0.6) is 0 Å². The van der Waals surface area contributed by atoms with E-state index >= 15 is 0 Å². The number of carbonyl (C=O) groups excluding carboxylic acids is 2. The maximum absolute atomic E-state index is 12.2. The third kappa shape index (κ3) is 4.54. The molecule has 0 bridgehead atoms. The van der Waals surface area contributed by atoms with Crippen LogP contribution >= 0.6 is 11.3 Å². The highest BCUT2D eigenvalue weighted by molar-refractivity contribution is 7.16. The zero-order chi connectivity index (χ0) is 18.4. The Labute approximate surface area is 153 Å². The topological polar surface area (TPSA) is 90.3 Å². The Morgan fingerprint density at radius 2 is 2.00 bits per heavy atom. The number of nitrogens with one attached hydrogen (secondary N) is 1. The first-order valence-corrected chi connectivity index (χ1v) is 8.90. The number of nitrogens with zero attached hydrogens (tertiary/aromatic N) is 2. The van der Waals surface area contributed by atoms with Crippen molar-refractivity contribution < 1.29 is 14.3 Å². The molecule has 0 atom stereocenters. The number of hydrogen-bond acceptors (Lipinski definition) is 6. The maximum Gasteiger partial charge on any atom is 0.325 e. The molecule has 3 rings (SSSR count). The molecule has 1 amide bonds. The summed E-state index contributed by atoms with van der Waals surface area (Å²) in [5, 5.41) is 4.84. The molecule has 0 saturated heterocycles. The SMILES string of the molecule is O=C(CCn1cnc2sccc2c1=O)NCC(=O)OCc1ccccc1. The molecule has 2 aromatic heterocycles. The quantitative estimate of drug-likeness (QED) is 0.639. The number of fused-ring (bicyclic) bond motifs is 1. The van der Waals surface area contributed by atoms with E-state index in [2.05, 4.69) is 10.3 Å². The molecule has 3 aromatic rings. The molecule has 0 fully saturated rings. The number of ether oxygens (including phenoxy) is 1.